The number of aryl methyl sites for hydroxylation is 1. The summed E-state index contributed by atoms with van der Waals surface area (Å²) in [6.45, 7) is 0.771. The van der Waals surface area contributed by atoms with Gasteiger partial charge in [-0.2, -0.15) is 0 Å². The van der Waals surface area contributed by atoms with Crippen LogP contribution in [0.4, 0.5) is 4.39 Å². The first-order valence-corrected chi connectivity index (χ1v) is 6.83. The quantitative estimate of drug-likeness (QED) is 0.931. The summed E-state index contributed by atoms with van der Waals surface area (Å²) in [6.07, 6.45) is 5.43. The summed E-state index contributed by atoms with van der Waals surface area (Å²) in [6, 6.07) is 7.53. The molecule has 2 N–H and O–H groups in total. The molecule has 1 aliphatic heterocycles. The van der Waals surface area contributed by atoms with Gasteiger partial charge in [-0.15, -0.1) is 0 Å². The Bertz CT molecular complexity index is 615. The molecule has 0 radical (unpaired) electrons. The minimum absolute atomic E-state index is 0.192. The third kappa shape index (κ3) is 2.80. The fourth-order valence-electron chi connectivity index (χ4n) is 2.52. The van der Waals surface area contributed by atoms with Gasteiger partial charge in [-0.3, -0.25) is 4.98 Å². The second-order valence-electron chi connectivity index (χ2n) is 5.12. The normalized spacial score (nSPS) is 14.7. The van der Waals surface area contributed by atoms with E-state index >= 15 is 0 Å². The number of fused-ring (bicyclic) bond motifs is 1. The molecule has 4 heteroatoms. The van der Waals surface area contributed by atoms with Crippen LogP contribution < -0.4 is 10.5 Å². The molecule has 1 aromatic heterocycles. The number of aromatic nitrogens is 1. The number of nitrogens with two attached hydrogens (primary N) is 1. The van der Waals surface area contributed by atoms with Crippen molar-refractivity contribution in [2.24, 2.45) is 5.73 Å². The zero-order valence-corrected chi connectivity index (χ0v) is 11.2. The van der Waals surface area contributed by atoms with Gasteiger partial charge in [-0.05, 0) is 41.7 Å². The number of hydrogen-bond acceptors (Lipinski definition) is 3. The minimum atomic E-state index is -0.340. The molecule has 3 nitrogen and oxygen atoms in total. The number of halogens is 1. The van der Waals surface area contributed by atoms with E-state index in [1.54, 1.807) is 6.20 Å². The molecule has 1 aliphatic rings. The lowest BCUT2D eigenvalue weighted by Gasteiger charge is -2.12. The highest BCUT2D eigenvalue weighted by Gasteiger charge is 2.13. The molecular formula is C16H17FN2O. The van der Waals surface area contributed by atoms with Crippen LogP contribution in [0.3, 0.4) is 0 Å². The summed E-state index contributed by atoms with van der Waals surface area (Å²) in [5, 5.41) is 0. The minimum Gasteiger partial charge on any atom is -0.493 e. The van der Waals surface area contributed by atoms with E-state index in [0.29, 0.717) is 0 Å². The van der Waals surface area contributed by atoms with Crippen LogP contribution in [0, 0.1) is 5.82 Å². The highest BCUT2D eigenvalue weighted by molar-refractivity contribution is 5.39. The Labute approximate surface area is 117 Å². The fourth-order valence-corrected chi connectivity index (χ4v) is 2.52. The maximum absolute atomic E-state index is 13.1. The zero-order valence-electron chi connectivity index (χ0n) is 11.2. The topological polar surface area (TPSA) is 48.1 Å². The van der Waals surface area contributed by atoms with E-state index in [4.69, 9.17) is 10.5 Å². The van der Waals surface area contributed by atoms with Crippen LogP contribution in [-0.2, 0) is 12.8 Å². The van der Waals surface area contributed by atoms with Crippen LogP contribution in [0.1, 0.15) is 29.2 Å². The van der Waals surface area contributed by atoms with Crippen LogP contribution in [0.5, 0.6) is 5.75 Å². The van der Waals surface area contributed by atoms with E-state index in [1.165, 1.54) is 23.4 Å². The van der Waals surface area contributed by atoms with Crippen molar-refractivity contribution in [3.05, 3.63) is 59.2 Å². The summed E-state index contributed by atoms with van der Waals surface area (Å²) >= 11 is 0. The molecule has 1 atom stereocenters. The van der Waals surface area contributed by atoms with E-state index in [9.17, 15) is 4.39 Å². The fraction of sp³-hybridized carbons (Fsp3) is 0.312. The van der Waals surface area contributed by atoms with Crippen LogP contribution in [0.15, 0.2) is 36.7 Å². The van der Waals surface area contributed by atoms with Crippen LogP contribution in [0.2, 0.25) is 0 Å². The molecule has 0 saturated carbocycles. The van der Waals surface area contributed by atoms with E-state index < -0.39 is 0 Å². The Balaban J connectivity index is 1.64. The molecule has 2 aromatic rings. The third-order valence-corrected chi connectivity index (χ3v) is 3.65. The van der Waals surface area contributed by atoms with Gasteiger partial charge in [0.2, 0.25) is 0 Å². The van der Waals surface area contributed by atoms with Crippen molar-refractivity contribution in [2.45, 2.75) is 25.3 Å². The summed E-state index contributed by atoms with van der Waals surface area (Å²) in [5.74, 6) is 0.653. The number of rotatable bonds is 4. The predicted molar refractivity (Wildman–Crippen MR) is 75.1 cm³/mol. The van der Waals surface area contributed by atoms with Crippen molar-refractivity contribution in [1.82, 2.24) is 4.98 Å². The molecule has 0 spiro atoms. The molecule has 0 aliphatic carbocycles. The number of benzene rings is 1. The van der Waals surface area contributed by atoms with Crippen LogP contribution >= 0.6 is 0 Å². The summed E-state index contributed by atoms with van der Waals surface area (Å²) in [5.41, 5.74) is 9.35. The predicted octanol–water partition coefficient (Wildman–Crippen LogP) is 2.79. The van der Waals surface area contributed by atoms with Gasteiger partial charge in [0.25, 0.3) is 0 Å². The lowest BCUT2D eigenvalue weighted by Crippen LogP contribution is -2.12. The average Bonchev–Trinajstić information content (AvgIpc) is 2.92. The van der Waals surface area contributed by atoms with E-state index in [-0.39, 0.29) is 11.9 Å². The Morgan fingerprint density at radius 2 is 2.20 bits per heavy atom. The van der Waals surface area contributed by atoms with Crippen molar-refractivity contribution in [1.29, 1.82) is 0 Å². The van der Waals surface area contributed by atoms with Crippen molar-refractivity contribution in [3.63, 3.8) is 0 Å². The monoisotopic (exact) mass is 272 g/mol. The molecule has 2 heterocycles. The number of hydrogen-bond donors (Lipinski definition) is 1. The van der Waals surface area contributed by atoms with Gasteiger partial charge in [0.1, 0.15) is 11.6 Å². The Morgan fingerprint density at radius 1 is 1.30 bits per heavy atom. The maximum atomic E-state index is 13.1. The molecule has 0 saturated heterocycles. The Morgan fingerprint density at radius 3 is 3.05 bits per heavy atom. The maximum Gasteiger partial charge on any atom is 0.141 e. The largest absolute Gasteiger partial charge is 0.493 e. The van der Waals surface area contributed by atoms with Gasteiger partial charge in [0.05, 0.1) is 12.8 Å². The van der Waals surface area contributed by atoms with Gasteiger partial charge < -0.3 is 10.5 Å². The van der Waals surface area contributed by atoms with Crippen LogP contribution in [0.25, 0.3) is 0 Å². The molecule has 0 fully saturated rings. The third-order valence-electron chi connectivity index (χ3n) is 3.65. The second kappa shape index (κ2) is 5.59. The first-order valence-electron chi connectivity index (χ1n) is 6.83. The Kier molecular flexibility index (Phi) is 3.65. The highest BCUT2D eigenvalue weighted by Crippen LogP contribution is 2.27. The SMILES string of the molecule is NC(CCc1ccc2c(c1)CCO2)c1cncc(F)c1. The van der Waals surface area contributed by atoms with E-state index in [0.717, 1.165) is 37.2 Å². The average molecular weight is 272 g/mol. The number of ether oxygens (including phenoxy) is 1. The molecular weight excluding hydrogens is 255 g/mol. The molecule has 3 rings (SSSR count). The number of pyridine rings is 1. The summed E-state index contributed by atoms with van der Waals surface area (Å²) in [7, 11) is 0. The van der Waals surface area contributed by atoms with Crippen molar-refractivity contribution in [3.8, 4) is 5.75 Å². The number of nitrogens with zero attached hydrogens (tertiary/aromatic N) is 1. The van der Waals surface area contributed by atoms with Crippen molar-refractivity contribution < 1.29 is 9.13 Å². The van der Waals surface area contributed by atoms with Gasteiger partial charge in [0, 0.05) is 18.7 Å². The van der Waals surface area contributed by atoms with Crippen LogP contribution in [-0.4, -0.2) is 11.6 Å². The first-order chi connectivity index (χ1) is 9.72. The first kappa shape index (κ1) is 13.1. The molecule has 0 bridgehead atoms. The smallest absolute Gasteiger partial charge is 0.141 e. The van der Waals surface area contributed by atoms with Crippen molar-refractivity contribution in [2.75, 3.05) is 6.61 Å². The summed E-state index contributed by atoms with van der Waals surface area (Å²) < 4.78 is 18.6. The molecule has 0 amide bonds. The van der Waals surface area contributed by atoms with Gasteiger partial charge in [-0.25, -0.2) is 4.39 Å². The lowest BCUT2D eigenvalue weighted by atomic mass is 9.99. The van der Waals surface area contributed by atoms with E-state index in [2.05, 4.69) is 17.1 Å². The molecule has 1 aromatic carbocycles. The van der Waals surface area contributed by atoms with Gasteiger partial charge in [0.15, 0.2) is 0 Å². The molecule has 104 valence electrons. The van der Waals surface area contributed by atoms with Gasteiger partial charge >= 0.3 is 0 Å². The standard InChI is InChI=1S/C16H17FN2O/c17-14-8-13(9-19-10-14)15(18)3-1-11-2-4-16-12(7-11)5-6-20-16/h2,4,7-10,15H,1,3,5-6,18H2. The Hall–Kier alpha value is -1.94. The lowest BCUT2D eigenvalue weighted by molar-refractivity contribution is 0.357. The van der Waals surface area contributed by atoms with Crippen molar-refractivity contribution >= 4 is 0 Å². The summed E-state index contributed by atoms with van der Waals surface area (Å²) in [4.78, 5) is 3.84. The van der Waals surface area contributed by atoms with E-state index in [1.807, 2.05) is 6.07 Å². The second-order valence-corrected chi connectivity index (χ2v) is 5.12. The molecule has 20 heavy (non-hydrogen) atoms. The molecule has 1 unspecified atom stereocenters. The highest BCUT2D eigenvalue weighted by atomic mass is 19.1. The zero-order chi connectivity index (χ0) is 13.9. The van der Waals surface area contributed by atoms with Gasteiger partial charge in [-0.1, -0.05) is 12.1 Å².